The van der Waals surface area contributed by atoms with Gasteiger partial charge in [-0.2, -0.15) is 13.2 Å². The van der Waals surface area contributed by atoms with Crippen LogP contribution in [-0.2, 0) is 15.1 Å². The first kappa shape index (κ1) is 15.8. The van der Waals surface area contributed by atoms with Crippen LogP contribution in [0.2, 0.25) is 0 Å². The first-order valence-electron chi connectivity index (χ1n) is 5.76. The lowest BCUT2D eigenvalue weighted by atomic mass is 9.92. The second-order valence-electron chi connectivity index (χ2n) is 4.39. The summed E-state index contributed by atoms with van der Waals surface area (Å²) in [4.78, 5) is 23.9. The number of fused-ring (bicyclic) bond motifs is 1. The van der Waals surface area contributed by atoms with E-state index in [0.717, 1.165) is 18.3 Å². The number of nitro groups is 1. The molecule has 0 bridgehead atoms. The third-order valence-corrected chi connectivity index (χ3v) is 3.16. The van der Waals surface area contributed by atoms with E-state index in [1.54, 1.807) is 0 Å². The van der Waals surface area contributed by atoms with Crippen molar-refractivity contribution in [1.82, 2.24) is 4.98 Å². The summed E-state index contributed by atoms with van der Waals surface area (Å²) in [7, 11) is 0.691. The molecule has 0 fully saturated rings. The van der Waals surface area contributed by atoms with Gasteiger partial charge in [-0.15, -0.1) is 0 Å². The summed E-state index contributed by atoms with van der Waals surface area (Å²) in [5.74, 6) is -1.94. The topological polar surface area (TPSA) is 105 Å². The SMILES string of the molecule is COC(=O)C(O)(c1c[nH]c2ccc([N+](=O)[O-])cc12)C(F)(F)F. The number of H-pyrrole nitrogens is 1. The van der Waals surface area contributed by atoms with Crippen molar-refractivity contribution < 1.29 is 32.7 Å². The maximum Gasteiger partial charge on any atom is 0.432 e. The number of alkyl halides is 3. The molecule has 0 radical (unpaired) electrons. The standard InChI is InChI=1S/C12H9F3N2O5/c1-22-10(18)11(19,12(13,14)15)8-5-16-9-3-2-6(17(20)21)4-7(8)9/h2-5,16,19H,1H3. The number of nitro benzene ring substituents is 1. The van der Waals surface area contributed by atoms with Crippen LogP contribution in [0.5, 0.6) is 0 Å². The highest BCUT2D eigenvalue weighted by Crippen LogP contribution is 2.43. The van der Waals surface area contributed by atoms with E-state index >= 15 is 0 Å². The summed E-state index contributed by atoms with van der Waals surface area (Å²) < 4.78 is 43.6. The van der Waals surface area contributed by atoms with Gasteiger partial charge in [-0.1, -0.05) is 0 Å². The maximum atomic E-state index is 13.2. The quantitative estimate of drug-likeness (QED) is 0.511. The van der Waals surface area contributed by atoms with E-state index in [0.29, 0.717) is 7.11 Å². The van der Waals surface area contributed by atoms with Crippen LogP contribution < -0.4 is 0 Å². The van der Waals surface area contributed by atoms with Crippen LogP contribution in [0.1, 0.15) is 5.56 Å². The van der Waals surface area contributed by atoms with Crippen molar-refractivity contribution in [3.63, 3.8) is 0 Å². The number of aromatic nitrogens is 1. The third-order valence-electron chi connectivity index (χ3n) is 3.16. The van der Waals surface area contributed by atoms with Crippen LogP contribution in [0.15, 0.2) is 24.4 Å². The predicted octanol–water partition coefficient (Wildman–Crippen LogP) is 2.00. The lowest BCUT2D eigenvalue weighted by Crippen LogP contribution is -2.49. The molecule has 0 aliphatic carbocycles. The zero-order valence-corrected chi connectivity index (χ0v) is 11.0. The van der Waals surface area contributed by atoms with Gasteiger partial charge >= 0.3 is 12.1 Å². The van der Waals surface area contributed by atoms with Crippen LogP contribution in [0.25, 0.3) is 10.9 Å². The number of carbonyl (C=O) groups excluding carboxylic acids is 1. The van der Waals surface area contributed by atoms with Gasteiger partial charge in [0.25, 0.3) is 11.3 Å². The molecule has 10 heteroatoms. The average molecular weight is 318 g/mol. The summed E-state index contributed by atoms with van der Waals surface area (Å²) >= 11 is 0. The van der Waals surface area contributed by atoms with Crippen LogP contribution >= 0.6 is 0 Å². The highest BCUT2D eigenvalue weighted by Gasteiger charge is 2.63. The number of ether oxygens (including phenoxy) is 1. The number of aromatic amines is 1. The van der Waals surface area contributed by atoms with Gasteiger partial charge in [-0.3, -0.25) is 10.1 Å². The van der Waals surface area contributed by atoms with Gasteiger partial charge in [-0.05, 0) is 6.07 Å². The molecule has 1 atom stereocenters. The van der Waals surface area contributed by atoms with E-state index in [4.69, 9.17) is 0 Å². The van der Waals surface area contributed by atoms with E-state index in [2.05, 4.69) is 9.72 Å². The molecule has 2 rings (SSSR count). The zero-order valence-electron chi connectivity index (χ0n) is 11.0. The minimum atomic E-state index is -5.38. The average Bonchev–Trinajstić information content (AvgIpc) is 2.87. The number of carbonyl (C=O) groups is 1. The Morgan fingerprint density at radius 3 is 2.55 bits per heavy atom. The largest absolute Gasteiger partial charge is 0.466 e. The van der Waals surface area contributed by atoms with Gasteiger partial charge in [0.1, 0.15) is 0 Å². The number of rotatable bonds is 3. The summed E-state index contributed by atoms with van der Waals surface area (Å²) in [5, 5.41) is 20.3. The Bertz CT molecular complexity index is 755. The van der Waals surface area contributed by atoms with Gasteiger partial charge in [0.2, 0.25) is 0 Å². The molecule has 0 saturated heterocycles. The van der Waals surface area contributed by atoms with E-state index < -0.39 is 33.9 Å². The van der Waals surface area contributed by atoms with Crippen molar-refractivity contribution in [2.75, 3.05) is 7.11 Å². The number of hydrogen-bond acceptors (Lipinski definition) is 5. The number of benzene rings is 1. The van der Waals surface area contributed by atoms with Crippen molar-refractivity contribution in [3.05, 3.63) is 40.1 Å². The number of nitrogens with zero attached hydrogens (tertiary/aromatic N) is 1. The van der Waals surface area contributed by atoms with Gasteiger partial charge in [-0.25, -0.2) is 4.79 Å². The lowest BCUT2D eigenvalue weighted by Gasteiger charge is -2.27. The first-order valence-corrected chi connectivity index (χ1v) is 5.76. The number of non-ortho nitro benzene ring substituents is 1. The normalized spacial score (nSPS) is 14.6. The second-order valence-corrected chi connectivity index (χ2v) is 4.39. The number of hydrogen-bond donors (Lipinski definition) is 2. The minimum Gasteiger partial charge on any atom is -0.466 e. The number of aliphatic hydroxyl groups is 1. The van der Waals surface area contributed by atoms with Gasteiger partial charge in [0.15, 0.2) is 0 Å². The highest BCUT2D eigenvalue weighted by atomic mass is 19.4. The third kappa shape index (κ3) is 2.17. The Morgan fingerprint density at radius 1 is 1.41 bits per heavy atom. The van der Waals surface area contributed by atoms with Crippen molar-refractivity contribution in [1.29, 1.82) is 0 Å². The molecular weight excluding hydrogens is 309 g/mol. The molecule has 0 amide bonds. The molecule has 2 aromatic rings. The Morgan fingerprint density at radius 2 is 2.05 bits per heavy atom. The fraction of sp³-hybridized carbons (Fsp3) is 0.250. The summed E-state index contributed by atoms with van der Waals surface area (Å²) in [5.41, 5.74) is -5.20. The van der Waals surface area contributed by atoms with Gasteiger partial charge in [0, 0.05) is 34.8 Å². The number of esters is 1. The fourth-order valence-electron chi connectivity index (χ4n) is 2.05. The lowest BCUT2D eigenvalue weighted by molar-refractivity contribution is -0.384. The monoisotopic (exact) mass is 318 g/mol. The summed E-state index contributed by atoms with van der Waals surface area (Å²) in [6, 6.07) is 3.08. The summed E-state index contributed by atoms with van der Waals surface area (Å²) in [6.07, 6.45) is -4.61. The molecule has 0 aliphatic heterocycles. The molecule has 0 aliphatic rings. The first-order chi connectivity index (χ1) is 10.1. The second kappa shape index (κ2) is 4.98. The Hall–Kier alpha value is -2.62. The molecule has 0 saturated carbocycles. The predicted molar refractivity (Wildman–Crippen MR) is 66.9 cm³/mol. The van der Waals surface area contributed by atoms with Gasteiger partial charge in [0.05, 0.1) is 12.0 Å². The van der Waals surface area contributed by atoms with E-state index in [1.165, 1.54) is 6.07 Å². The van der Waals surface area contributed by atoms with Gasteiger partial charge < -0.3 is 14.8 Å². The number of methoxy groups -OCH3 is 1. The van der Waals surface area contributed by atoms with Crippen molar-refractivity contribution in [2.45, 2.75) is 11.8 Å². The fourth-order valence-corrected chi connectivity index (χ4v) is 2.05. The molecule has 1 aromatic carbocycles. The molecule has 1 unspecified atom stereocenters. The van der Waals surface area contributed by atoms with Crippen molar-refractivity contribution >= 4 is 22.6 Å². The van der Waals surface area contributed by atoms with Crippen molar-refractivity contribution in [2.24, 2.45) is 0 Å². The van der Waals surface area contributed by atoms with Crippen molar-refractivity contribution in [3.8, 4) is 0 Å². The highest BCUT2D eigenvalue weighted by molar-refractivity contribution is 5.93. The smallest absolute Gasteiger partial charge is 0.432 e. The minimum absolute atomic E-state index is 0.0900. The Balaban J connectivity index is 2.77. The Labute approximate surface area is 120 Å². The number of nitrogens with one attached hydrogen (secondary N) is 1. The number of halogens is 3. The van der Waals surface area contributed by atoms with Crippen LogP contribution in [0.4, 0.5) is 18.9 Å². The molecule has 7 nitrogen and oxygen atoms in total. The molecular formula is C12H9F3N2O5. The molecule has 1 heterocycles. The Kier molecular flexibility index (Phi) is 3.57. The van der Waals surface area contributed by atoms with Crippen LogP contribution in [-0.4, -0.2) is 34.3 Å². The van der Waals surface area contributed by atoms with Crippen LogP contribution in [0, 0.1) is 10.1 Å². The molecule has 0 spiro atoms. The van der Waals surface area contributed by atoms with E-state index in [9.17, 15) is 33.2 Å². The maximum absolute atomic E-state index is 13.2. The van der Waals surface area contributed by atoms with Crippen LogP contribution in [0.3, 0.4) is 0 Å². The molecule has 2 N–H and O–H groups in total. The van der Waals surface area contributed by atoms with E-state index in [1.807, 2.05) is 0 Å². The molecule has 118 valence electrons. The van der Waals surface area contributed by atoms with E-state index in [-0.39, 0.29) is 10.9 Å². The summed E-state index contributed by atoms with van der Waals surface area (Å²) in [6.45, 7) is 0. The molecule has 22 heavy (non-hydrogen) atoms. The zero-order chi connectivity index (χ0) is 16.7. The molecule has 1 aromatic heterocycles.